The van der Waals surface area contributed by atoms with Gasteiger partial charge in [0.05, 0.1) is 11.8 Å². The Kier molecular flexibility index (Phi) is 5.82. The maximum absolute atomic E-state index is 12.8. The van der Waals surface area contributed by atoms with Gasteiger partial charge < -0.3 is 4.74 Å². The molecule has 34 heavy (non-hydrogen) atoms. The summed E-state index contributed by atoms with van der Waals surface area (Å²) in [6, 6.07) is 33.4. The fraction of sp³-hybridized carbons (Fsp3) is 0. The highest BCUT2D eigenvalue weighted by molar-refractivity contribution is 6.08. The highest BCUT2D eigenvalue weighted by Gasteiger charge is 2.14. The highest BCUT2D eigenvalue weighted by atomic mass is 16.5. The molecule has 1 amide bonds. The van der Waals surface area contributed by atoms with Crippen molar-refractivity contribution in [3.63, 3.8) is 0 Å². The molecule has 5 aromatic carbocycles. The average Bonchev–Trinajstić information content (AvgIpc) is 2.89. The molecular weight excluding hydrogens is 424 g/mol. The summed E-state index contributed by atoms with van der Waals surface area (Å²) in [5.74, 6) is -0.433. The van der Waals surface area contributed by atoms with Crippen molar-refractivity contribution in [1.82, 2.24) is 5.43 Å². The van der Waals surface area contributed by atoms with Crippen LogP contribution in [0.15, 0.2) is 114 Å². The predicted molar refractivity (Wildman–Crippen MR) is 134 cm³/mol. The summed E-state index contributed by atoms with van der Waals surface area (Å²) in [6.45, 7) is 0. The lowest BCUT2D eigenvalue weighted by Gasteiger charge is -2.11. The van der Waals surface area contributed by atoms with Gasteiger partial charge in [-0.25, -0.2) is 10.2 Å². The van der Waals surface area contributed by atoms with Crippen molar-refractivity contribution in [3.05, 3.63) is 126 Å². The number of fused-ring (bicyclic) bond motifs is 2. The number of rotatable bonds is 5. The van der Waals surface area contributed by atoms with Crippen molar-refractivity contribution in [3.8, 4) is 5.75 Å². The molecule has 5 aromatic rings. The van der Waals surface area contributed by atoms with Crippen LogP contribution < -0.4 is 10.2 Å². The Morgan fingerprint density at radius 2 is 1.32 bits per heavy atom. The molecule has 0 fully saturated rings. The Hall–Kier alpha value is -4.77. The minimum absolute atomic E-state index is 0.323. The lowest BCUT2D eigenvalue weighted by Crippen LogP contribution is -2.18. The Balaban J connectivity index is 1.45. The SMILES string of the molecule is O=C(Oc1ccc2ccccc2c1/C=N/NC(=O)c1cccc2ccccc12)c1ccccc1. The zero-order valence-corrected chi connectivity index (χ0v) is 18.1. The van der Waals surface area contributed by atoms with Crippen LogP contribution in [0.4, 0.5) is 0 Å². The van der Waals surface area contributed by atoms with Gasteiger partial charge in [-0.3, -0.25) is 4.79 Å². The summed E-state index contributed by atoms with van der Waals surface area (Å²) >= 11 is 0. The van der Waals surface area contributed by atoms with E-state index in [2.05, 4.69) is 10.5 Å². The van der Waals surface area contributed by atoms with Crippen LogP contribution in [0.25, 0.3) is 21.5 Å². The highest BCUT2D eigenvalue weighted by Crippen LogP contribution is 2.27. The van der Waals surface area contributed by atoms with E-state index in [1.807, 2.05) is 72.8 Å². The van der Waals surface area contributed by atoms with Gasteiger partial charge in [0, 0.05) is 11.1 Å². The van der Waals surface area contributed by atoms with Crippen molar-refractivity contribution in [2.75, 3.05) is 0 Å². The Labute approximate surface area is 196 Å². The minimum Gasteiger partial charge on any atom is -0.422 e. The van der Waals surface area contributed by atoms with Crippen molar-refractivity contribution >= 4 is 39.6 Å². The van der Waals surface area contributed by atoms with E-state index in [1.54, 1.807) is 36.4 Å². The number of hydrogen-bond acceptors (Lipinski definition) is 4. The van der Waals surface area contributed by atoms with Crippen LogP contribution >= 0.6 is 0 Å². The standard InChI is InChI=1S/C29H20N2O3/c32-28(25-16-8-13-20-9-4-6-14-23(20)25)31-30-19-26-24-15-7-5-10-21(24)17-18-27(26)34-29(33)22-11-2-1-3-12-22/h1-19H,(H,31,32)/b30-19+. The molecular formula is C29H20N2O3. The largest absolute Gasteiger partial charge is 0.422 e. The smallest absolute Gasteiger partial charge is 0.343 e. The molecule has 0 atom stereocenters. The molecule has 0 radical (unpaired) electrons. The zero-order valence-electron chi connectivity index (χ0n) is 18.1. The molecule has 1 N–H and O–H groups in total. The number of nitrogens with zero attached hydrogens (tertiary/aromatic N) is 1. The van der Waals surface area contributed by atoms with Crippen LogP contribution in [0, 0.1) is 0 Å². The topological polar surface area (TPSA) is 67.8 Å². The molecule has 0 aliphatic rings. The lowest BCUT2D eigenvalue weighted by molar-refractivity contribution is 0.0734. The zero-order chi connectivity index (χ0) is 23.3. The van der Waals surface area contributed by atoms with Gasteiger partial charge in [0.15, 0.2) is 0 Å². The fourth-order valence-corrected chi connectivity index (χ4v) is 3.87. The van der Waals surface area contributed by atoms with Crippen molar-refractivity contribution in [2.24, 2.45) is 5.10 Å². The van der Waals surface area contributed by atoms with Gasteiger partial charge >= 0.3 is 5.97 Å². The van der Waals surface area contributed by atoms with Crippen LogP contribution in [-0.4, -0.2) is 18.1 Å². The second-order valence-electron chi connectivity index (χ2n) is 7.68. The first-order valence-electron chi connectivity index (χ1n) is 10.8. The third-order valence-electron chi connectivity index (χ3n) is 5.54. The summed E-state index contributed by atoms with van der Waals surface area (Å²) in [7, 11) is 0. The van der Waals surface area contributed by atoms with E-state index in [0.29, 0.717) is 22.4 Å². The average molecular weight is 444 g/mol. The molecule has 0 spiro atoms. The Bertz CT molecular complexity index is 1540. The van der Waals surface area contributed by atoms with Crippen LogP contribution in [0.3, 0.4) is 0 Å². The van der Waals surface area contributed by atoms with Gasteiger partial charge in [-0.1, -0.05) is 84.9 Å². The molecule has 0 aliphatic carbocycles. The molecule has 0 bridgehead atoms. The second-order valence-corrected chi connectivity index (χ2v) is 7.68. The van der Waals surface area contributed by atoms with Crippen molar-refractivity contribution in [2.45, 2.75) is 0 Å². The van der Waals surface area contributed by atoms with E-state index in [0.717, 1.165) is 21.5 Å². The van der Waals surface area contributed by atoms with E-state index in [-0.39, 0.29) is 5.91 Å². The Morgan fingerprint density at radius 1 is 0.676 bits per heavy atom. The molecule has 5 rings (SSSR count). The number of esters is 1. The fourth-order valence-electron chi connectivity index (χ4n) is 3.87. The van der Waals surface area contributed by atoms with Crippen molar-refractivity contribution in [1.29, 1.82) is 0 Å². The summed E-state index contributed by atoms with van der Waals surface area (Å²) in [6.07, 6.45) is 1.51. The number of hydrazone groups is 1. The summed E-state index contributed by atoms with van der Waals surface area (Å²) < 4.78 is 5.70. The second kappa shape index (κ2) is 9.38. The lowest BCUT2D eigenvalue weighted by atomic mass is 10.0. The molecule has 0 saturated carbocycles. The van der Waals surface area contributed by atoms with E-state index < -0.39 is 5.97 Å². The van der Waals surface area contributed by atoms with E-state index in [4.69, 9.17) is 4.74 Å². The predicted octanol–water partition coefficient (Wildman–Crippen LogP) is 5.98. The van der Waals surface area contributed by atoms with Crippen LogP contribution in [0.2, 0.25) is 0 Å². The Morgan fingerprint density at radius 3 is 2.12 bits per heavy atom. The summed E-state index contributed by atoms with van der Waals surface area (Å²) in [5.41, 5.74) is 4.18. The van der Waals surface area contributed by atoms with Gasteiger partial charge in [-0.15, -0.1) is 0 Å². The minimum atomic E-state index is -0.467. The van der Waals surface area contributed by atoms with Crippen molar-refractivity contribution < 1.29 is 14.3 Å². The van der Waals surface area contributed by atoms with E-state index >= 15 is 0 Å². The van der Waals surface area contributed by atoms with Gasteiger partial charge in [0.1, 0.15) is 5.75 Å². The first kappa shape index (κ1) is 21.1. The molecule has 164 valence electrons. The quantitative estimate of drug-likeness (QED) is 0.157. The van der Waals surface area contributed by atoms with Crippen LogP contribution in [0.5, 0.6) is 5.75 Å². The summed E-state index contributed by atoms with van der Waals surface area (Å²) in [4.78, 5) is 25.5. The number of hydrogen-bond donors (Lipinski definition) is 1. The normalized spacial score (nSPS) is 11.1. The van der Waals surface area contributed by atoms with Crippen LogP contribution in [0.1, 0.15) is 26.3 Å². The molecule has 0 aromatic heterocycles. The van der Waals surface area contributed by atoms with Crippen LogP contribution in [-0.2, 0) is 0 Å². The molecule has 5 nitrogen and oxygen atoms in total. The number of amides is 1. The molecule has 0 saturated heterocycles. The maximum Gasteiger partial charge on any atom is 0.343 e. The van der Waals surface area contributed by atoms with Gasteiger partial charge in [-0.2, -0.15) is 5.10 Å². The number of benzene rings is 5. The van der Waals surface area contributed by atoms with E-state index in [9.17, 15) is 9.59 Å². The first-order chi connectivity index (χ1) is 16.7. The van der Waals surface area contributed by atoms with Gasteiger partial charge in [0.2, 0.25) is 0 Å². The number of carbonyl (C=O) groups is 2. The number of carbonyl (C=O) groups excluding carboxylic acids is 2. The summed E-state index contributed by atoms with van der Waals surface area (Å²) in [5, 5.41) is 7.84. The number of ether oxygens (including phenoxy) is 1. The maximum atomic E-state index is 12.8. The molecule has 0 aliphatic heterocycles. The third kappa shape index (κ3) is 4.27. The monoisotopic (exact) mass is 444 g/mol. The molecule has 0 unspecified atom stereocenters. The third-order valence-corrected chi connectivity index (χ3v) is 5.54. The number of nitrogens with one attached hydrogen (secondary N) is 1. The molecule has 5 heteroatoms. The van der Waals surface area contributed by atoms with Gasteiger partial charge in [0.25, 0.3) is 5.91 Å². The first-order valence-corrected chi connectivity index (χ1v) is 10.8. The molecule has 0 heterocycles. The van der Waals surface area contributed by atoms with Gasteiger partial charge in [-0.05, 0) is 45.8 Å². The van der Waals surface area contributed by atoms with E-state index in [1.165, 1.54) is 6.21 Å².